The van der Waals surface area contributed by atoms with Crippen molar-refractivity contribution >= 4 is 35.1 Å². The molecule has 1 unspecified atom stereocenters. The van der Waals surface area contributed by atoms with Gasteiger partial charge in [-0.3, -0.25) is 14.5 Å². The molecule has 1 heterocycles. The van der Waals surface area contributed by atoms with Crippen molar-refractivity contribution in [2.75, 3.05) is 11.9 Å². The number of hydrogen-bond donors (Lipinski definition) is 2. The summed E-state index contributed by atoms with van der Waals surface area (Å²) in [6, 6.07) is 8.42. The Morgan fingerprint density at radius 1 is 1.21 bits per heavy atom. The van der Waals surface area contributed by atoms with Crippen molar-refractivity contribution in [1.82, 2.24) is 10.2 Å². The van der Waals surface area contributed by atoms with E-state index in [1.807, 2.05) is 32.0 Å². The topological polar surface area (TPSA) is 78.5 Å². The maximum Gasteiger partial charge on any atom is 0.325 e. The summed E-state index contributed by atoms with van der Waals surface area (Å²) in [4.78, 5) is 38.6. The first-order chi connectivity index (χ1) is 13.1. The predicted octanol–water partition coefficient (Wildman–Crippen LogP) is 3.50. The van der Waals surface area contributed by atoms with E-state index in [4.69, 9.17) is 11.6 Å². The first kappa shape index (κ1) is 19.8. The van der Waals surface area contributed by atoms with Gasteiger partial charge in [0, 0.05) is 16.3 Å². The van der Waals surface area contributed by atoms with Crippen LogP contribution in [0.1, 0.15) is 23.6 Å². The zero-order chi connectivity index (χ0) is 20.6. The molecule has 8 heteroatoms. The van der Waals surface area contributed by atoms with Gasteiger partial charge in [0.2, 0.25) is 5.91 Å². The summed E-state index contributed by atoms with van der Waals surface area (Å²) in [5, 5.41) is 5.31. The van der Waals surface area contributed by atoms with Crippen LogP contribution >= 0.6 is 11.6 Å². The lowest BCUT2D eigenvalue weighted by atomic mass is 9.92. The summed E-state index contributed by atoms with van der Waals surface area (Å²) in [7, 11) is 0. The molecular weight excluding hydrogens is 385 g/mol. The number of carbonyl (C=O) groups excluding carboxylic acids is 3. The second-order valence-corrected chi connectivity index (χ2v) is 7.29. The molecule has 1 fully saturated rings. The third-order valence-electron chi connectivity index (χ3n) is 4.79. The maximum atomic E-state index is 13.3. The zero-order valence-electron chi connectivity index (χ0n) is 15.6. The summed E-state index contributed by atoms with van der Waals surface area (Å²) >= 11 is 6.07. The molecule has 2 aromatic rings. The van der Waals surface area contributed by atoms with Crippen LogP contribution in [0.25, 0.3) is 0 Å². The SMILES string of the molecule is Cc1cccc(C)c1NC(=O)CN1C(=O)NC(C)(c2ccc(F)cc2Cl)C1=O. The molecule has 2 N–H and O–H groups in total. The fourth-order valence-corrected chi connectivity index (χ4v) is 3.61. The Balaban J connectivity index is 1.81. The largest absolute Gasteiger partial charge is 0.325 e. The average Bonchev–Trinajstić information content (AvgIpc) is 2.82. The van der Waals surface area contributed by atoms with Crippen LogP contribution in [0.3, 0.4) is 0 Å². The molecule has 2 aromatic carbocycles. The van der Waals surface area contributed by atoms with E-state index in [1.165, 1.54) is 13.0 Å². The van der Waals surface area contributed by atoms with Crippen molar-refractivity contribution in [3.05, 3.63) is 63.9 Å². The van der Waals surface area contributed by atoms with E-state index in [0.29, 0.717) is 5.69 Å². The number of nitrogens with one attached hydrogen (secondary N) is 2. The molecule has 1 aliphatic rings. The van der Waals surface area contributed by atoms with Gasteiger partial charge in [-0.15, -0.1) is 0 Å². The third kappa shape index (κ3) is 3.45. The molecular formula is C20H19ClFN3O3. The molecule has 0 bridgehead atoms. The molecule has 0 spiro atoms. The van der Waals surface area contributed by atoms with Crippen molar-refractivity contribution in [3.8, 4) is 0 Å². The number of amides is 4. The average molecular weight is 404 g/mol. The smallest absolute Gasteiger partial charge is 0.324 e. The van der Waals surface area contributed by atoms with Crippen LogP contribution in [0.5, 0.6) is 0 Å². The highest BCUT2D eigenvalue weighted by Gasteiger charge is 2.50. The number of carbonyl (C=O) groups is 3. The maximum absolute atomic E-state index is 13.3. The fraction of sp³-hybridized carbons (Fsp3) is 0.250. The predicted molar refractivity (Wildman–Crippen MR) is 104 cm³/mol. The van der Waals surface area contributed by atoms with E-state index < -0.39 is 35.7 Å². The Morgan fingerprint density at radius 2 is 1.86 bits per heavy atom. The van der Waals surface area contributed by atoms with Crippen LogP contribution in [0, 0.1) is 19.7 Å². The van der Waals surface area contributed by atoms with Gasteiger partial charge in [-0.25, -0.2) is 9.18 Å². The Morgan fingerprint density at radius 3 is 2.46 bits per heavy atom. The lowest BCUT2D eigenvalue weighted by Gasteiger charge is -2.23. The number of anilines is 1. The number of rotatable bonds is 4. The van der Waals surface area contributed by atoms with Gasteiger partial charge < -0.3 is 10.6 Å². The van der Waals surface area contributed by atoms with Gasteiger partial charge in [-0.05, 0) is 44.0 Å². The number of urea groups is 1. The summed E-state index contributed by atoms with van der Waals surface area (Å²) in [5.74, 6) is -1.70. The molecule has 3 rings (SSSR count). The van der Waals surface area contributed by atoms with Gasteiger partial charge in [-0.2, -0.15) is 0 Å². The standard InChI is InChI=1S/C20H19ClFN3O3/c1-11-5-4-6-12(2)17(11)23-16(26)10-25-18(27)20(3,24-19(25)28)14-8-7-13(22)9-15(14)21/h4-9H,10H2,1-3H3,(H,23,26)(H,24,28). The number of para-hydroxylation sites is 1. The van der Waals surface area contributed by atoms with Gasteiger partial charge in [0.25, 0.3) is 5.91 Å². The molecule has 1 atom stereocenters. The Kier molecular flexibility index (Phi) is 5.12. The molecule has 28 heavy (non-hydrogen) atoms. The number of benzene rings is 2. The number of aryl methyl sites for hydroxylation is 2. The lowest BCUT2D eigenvalue weighted by Crippen LogP contribution is -2.42. The summed E-state index contributed by atoms with van der Waals surface area (Å²) in [5.41, 5.74) is 1.15. The van der Waals surface area contributed by atoms with Gasteiger partial charge in [0.05, 0.1) is 0 Å². The first-order valence-corrected chi connectivity index (χ1v) is 8.97. The van der Waals surface area contributed by atoms with Crippen LogP contribution in [0.4, 0.5) is 14.9 Å². The van der Waals surface area contributed by atoms with E-state index in [2.05, 4.69) is 10.6 Å². The number of hydrogen-bond acceptors (Lipinski definition) is 3. The highest BCUT2D eigenvalue weighted by Crippen LogP contribution is 2.34. The van der Waals surface area contributed by atoms with Gasteiger partial charge in [-0.1, -0.05) is 35.9 Å². The second-order valence-electron chi connectivity index (χ2n) is 6.89. The minimum atomic E-state index is -1.49. The van der Waals surface area contributed by atoms with E-state index in [9.17, 15) is 18.8 Å². The number of imide groups is 1. The molecule has 0 aliphatic carbocycles. The highest BCUT2D eigenvalue weighted by molar-refractivity contribution is 6.32. The Hall–Kier alpha value is -2.93. The van der Waals surface area contributed by atoms with E-state index in [-0.39, 0.29) is 10.6 Å². The van der Waals surface area contributed by atoms with Crippen molar-refractivity contribution in [2.24, 2.45) is 0 Å². The fourth-order valence-electron chi connectivity index (χ4n) is 3.25. The number of halogens is 2. The summed E-state index contributed by atoms with van der Waals surface area (Å²) in [6.45, 7) is 4.72. The molecule has 4 amide bonds. The van der Waals surface area contributed by atoms with Crippen molar-refractivity contribution in [1.29, 1.82) is 0 Å². The normalized spacial score (nSPS) is 19.0. The Bertz CT molecular complexity index is 974. The lowest BCUT2D eigenvalue weighted by molar-refractivity contribution is -0.133. The van der Waals surface area contributed by atoms with Crippen LogP contribution in [-0.2, 0) is 15.1 Å². The van der Waals surface area contributed by atoms with Gasteiger partial charge >= 0.3 is 6.03 Å². The van der Waals surface area contributed by atoms with Crippen LogP contribution in [-0.4, -0.2) is 29.3 Å². The molecule has 6 nitrogen and oxygen atoms in total. The van der Waals surface area contributed by atoms with Crippen LogP contribution in [0.2, 0.25) is 5.02 Å². The number of nitrogens with zero attached hydrogens (tertiary/aromatic N) is 1. The monoisotopic (exact) mass is 403 g/mol. The van der Waals surface area contributed by atoms with Crippen LogP contribution < -0.4 is 10.6 Å². The first-order valence-electron chi connectivity index (χ1n) is 8.59. The van der Waals surface area contributed by atoms with Crippen molar-refractivity contribution in [2.45, 2.75) is 26.3 Å². The van der Waals surface area contributed by atoms with E-state index in [0.717, 1.165) is 28.2 Å². The van der Waals surface area contributed by atoms with Crippen molar-refractivity contribution < 1.29 is 18.8 Å². The molecule has 1 aliphatic heterocycles. The minimum absolute atomic E-state index is 0.0120. The molecule has 0 saturated carbocycles. The van der Waals surface area contributed by atoms with Crippen LogP contribution in [0.15, 0.2) is 36.4 Å². The molecule has 0 aromatic heterocycles. The third-order valence-corrected chi connectivity index (χ3v) is 5.10. The van der Waals surface area contributed by atoms with Crippen molar-refractivity contribution in [3.63, 3.8) is 0 Å². The second kappa shape index (κ2) is 7.24. The molecule has 0 radical (unpaired) electrons. The van der Waals surface area contributed by atoms with Gasteiger partial charge in [0.1, 0.15) is 17.9 Å². The highest BCUT2D eigenvalue weighted by atomic mass is 35.5. The van der Waals surface area contributed by atoms with E-state index >= 15 is 0 Å². The van der Waals surface area contributed by atoms with E-state index in [1.54, 1.807) is 0 Å². The van der Waals surface area contributed by atoms with Gasteiger partial charge in [0.15, 0.2) is 0 Å². The Labute approximate surface area is 166 Å². The molecule has 146 valence electrons. The quantitative estimate of drug-likeness (QED) is 0.767. The summed E-state index contributed by atoms with van der Waals surface area (Å²) in [6.07, 6.45) is 0. The zero-order valence-corrected chi connectivity index (χ0v) is 16.4. The summed E-state index contributed by atoms with van der Waals surface area (Å²) < 4.78 is 13.3. The molecule has 1 saturated heterocycles. The minimum Gasteiger partial charge on any atom is -0.324 e.